The summed E-state index contributed by atoms with van der Waals surface area (Å²) in [5.74, 6) is -0.269. The van der Waals surface area contributed by atoms with E-state index in [9.17, 15) is 9.59 Å². The number of aromatic nitrogens is 4. The molecule has 0 aliphatic carbocycles. The highest BCUT2D eigenvalue weighted by atomic mass is 16.2. The van der Waals surface area contributed by atoms with Gasteiger partial charge in [0, 0.05) is 6.54 Å². The van der Waals surface area contributed by atoms with Crippen LogP contribution in [0.15, 0.2) is 59.4 Å². The molecular weight excluding hydrogens is 390 g/mol. The van der Waals surface area contributed by atoms with Crippen molar-refractivity contribution in [2.75, 3.05) is 0 Å². The first-order valence-corrected chi connectivity index (χ1v) is 10.2. The van der Waals surface area contributed by atoms with Crippen LogP contribution < -0.4 is 10.9 Å². The second-order valence-electron chi connectivity index (χ2n) is 7.77. The lowest BCUT2D eigenvalue weighted by Crippen LogP contribution is -2.37. The van der Waals surface area contributed by atoms with Crippen LogP contribution in [0.1, 0.15) is 35.5 Å². The van der Waals surface area contributed by atoms with Gasteiger partial charge in [-0.3, -0.25) is 9.59 Å². The van der Waals surface area contributed by atoms with Crippen molar-refractivity contribution in [1.29, 1.82) is 0 Å². The molecule has 1 amide bonds. The molecule has 0 saturated heterocycles. The fourth-order valence-electron chi connectivity index (χ4n) is 3.80. The van der Waals surface area contributed by atoms with Gasteiger partial charge in [-0.05, 0) is 45.4 Å². The largest absolute Gasteiger partial charge is 0.350 e. The number of hydrogen-bond acceptors (Lipinski definition) is 4. The van der Waals surface area contributed by atoms with Crippen molar-refractivity contribution in [2.24, 2.45) is 0 Å². The van der Waals surface area contributed by atoms with Crippen molar-refractivity contribution in [2.45, 2.75) is 40.3 Å². The van der Waals surface area contributed by atoms with Crippen LogP contribution in [0.25, 0.3) is 16.6 Å². The highest BCUT2D eigenvalue weighted by Crippen LogP contribution is 2.21. The van der Waals surface area contributed by atoms with E-state index in [1.54, 1.807) is 11.6 Å². The molecule has 0 aliphatic rings. The van der Waals surface area contributed by atoms with Gasteiger partial charge >= 0.3 is 0 Å². The molecule has 1 N–H and O–H groups in total. The number of para-hydroxylation sites is 1. The van der Waals surface area contributed by atoms with Crippen LogP contribution >= 0.6 is 0 Å². The number of nitrogens with zero attached hydrogens (tertiary/aromatic N) is 4. The Kier molecular flexibility index (Phi) is 5.42. The number of fused-ring (bicyclic) bond motifs is 1. The Hall–Kier alpha value is -3.74. The first-order valence-electron chi connectivity index (χ1n) is 10.2. The summed E-state index contributed by atoms with van der Waals surface area (Å²) < 4.78 is 2.97. The first-order chi connectivity index (χ1) is 14.9. The minimum atomic E-state index is -0.761. The molecule has 4 rings (SSSR count). The third-order valence-electron chi connectivity index (χ3n) is 5.44. The van der Waals surface area contributed by atoms with Crippen LogP contribution in [0.3, 0.4) is 0 Å². The number of carbonyl (C=O) groups excluding carboxylic acids is 1. The van der Waals surface area contributed by atoms with Crippen LogP contribution in [0.4, 0.5) is 0 Å². The fourth-order valence-corrected chi connectivity index (χ4v) is 3.80. The van der Waals surface area contributed by atoms with Crippen molar-refractivity contribution in [3.63, 3.8) is 0 Å². The van der Waals surface area contributed by atoms with Crippen LogP contribution in [0.2, 0.25) is 0 Å². The van der Waals surface area contributed by atoms with Gasteiger partial charge in [-0.25, -0.2) is 9.36 Å². The Morgan fingerprint density at radius 3 is 2.48 bits per heavy atom. The average Bonchev–Trinajstić information content (AvgIpc) is 3.13. The van der Waals surface area contributed by atoms with Gasteiger partial charge in [0.05, 0.1) is 22.5 Å². The van der Waals surface area contributed by atoms with Crippen molar-refractivity contribution in [3.05, 3.63) is 87.5 Å². The topological polar surface area (TPSA) is 81.8 Å². The van der Waals surface area contributed by atoms with Crippen LogP contribution in [0, 0.1) is 20.8 Å². The van der Waals surface area contributed by atoms with E-state index in [4.69, 9.17) is 0 Å². The van der Waals surface area contributed by atoms with E-state index >= 15 is 0 Å². The standard InChI is InChI=1S/C24H25N5O2/c1-15-9-8-10-19(13-15)14-25-23(30)18(4)29-24(31)22-21(16(2)26-29)17(3)28(27-22)20-11-6-5-7-12-20/h5-13,18H,14H2,1-4H3,(H,25,30)/t18-/m0/s1. The Bertz CT molecular complexity index is 1320. The van der Waals surface area contributed by atoms with Crippen molar-refractivity contribution >= 4 is 16.8 Å². The highest BCUT2D eigenvalue weighted by Gasteiger charge is 2.23. The monoisotopic (exact) mass is 415 g/mol. The number of carbonyl (C=O) groups is 1. The maximum atomic E-state index is 13.2. The van der Waals surface area contributed by atoms with Gasteiger partial charge in [-0.1, -0.05) is 48.0 Å². The molecule has 2 heterocycles. The molecule has 0 spiro atoms. The molecule has 0 saturated carbocycles. The van der Waals surface area contributed by atoms with E-state index in [1.165, 1.54) is 4.68 Å². The summed E-state index contributed by atoms with van der Waals surface area (Å²) in [4.78, 5) is 25.9. The van der Waals surface area contributed by atoms with Crippen molar-refractivity contribution < 1.29 is 4.79 Å². The third kappa shape index (κ3) is 3.86. The Morgan fingerprint density at radius 1 is 1.03 bits per heavy atom. The van der Waals surface area contributed by atoms with Crippen LogP contribution in [-0.2, 0) is 11.3 Å². The fraction of sp³-hybridized carbons (Fsp3) is 0.250. The highest BCUT2D eigenvalue weighted by molar-refractivity contribution is 5.84. The molecule has 0 fully saturated rings. The molecule has 0 aliphatic heterocycles. The molecule has 2 aromatic heterocycles. The second kappa shape index (κ2) is 8.18. The maximum Gasteiger partial charge on any atom is 0.295 e. The summed E-state index contributed by atoms with van der Waals surface area (Å²) in [7, 11) is 0. The molecule has 7 heteroatoms. The third-order valence-corrected chi connectivity index (χ3v) is 5.44. The zero-order valence-electron chi connectivity index (χ0n) is 18.1. The molecule has 0 bridgehead atoms. The summed E-state index contributed by atoms with van der Waals surface area (Å²) in [6.45, 7) is 7.82. The van der Waals surface area contributed by atoms with Crippen molar-refractivity contribution in [1.82, 2.24) is 24.9 Å². The zero-order valence-corrected chi connectivity index (χ0v) is 18.1. The Balaban J connectivity index is 1.67. The Morgan fingerprint density at radius 2 is 1.77 bits per heavy atom. The number of amides is 1. The molecule has 31 heavy (non-hydrogen) atoms. The summed E-state index contributed by atoms with van der Waals surface area (Å²) in [5.41, 5.74) is 4.43. The molecule has 7 nitrogen and oxygen atoms in total. The lowest BCUT2D eigenvalue weighted by molar-refractivity contribution is -0.124. The summed E-state index contributed by atoms with van der Waals surface area (Å²) in [5, 5.41) is 12.6. The minimum absolute atomic E-state index is 0.269. The quantitative estimate of drug-likeness (QED) is 0.542. The number of hydrogen-bond donors (Lipinski definition) is 1. The number of benzene rings is 2. The van der Waals surface area contributed by atoms with E-state index in [0.717, 1.165) is 27.9 Å². The van der Waals surface area contributed by atoms with Crippen molar-refractivity contribution in [3.8, 4) is 5.69 Å². The van der Waals surface area contributed by atoms with Crippen LogP contribution in [-0.4, -0.2) is 25.5 Å². The van der Waals surface area contributed by atoms with Gasteiger partial charge in [-0.2, -0.15) is 10.2 Å². The molecular formula is C24H25N5O2. The molecule has 0 radical (unpaired) electrons. The van der Waals surface area contributed by atoms with Crippen LogP contribution in [0.5, 0.6) is 0 Å². The molecule has 0 unspecified atom stereocenters. The normalized spacial score (nSPS) is 12.1. The van der Waals surface area contributed by atoms with E-state index in [2.05, 4.69) is 15.5 Å². The van der Waals surface area contributed by atoms with E-state index in [0.29, 0.717) is 17.8 Å². The minimum Gasteiger partial charge on any atom is -0.350 e. The molecule has 158 valence electrons. The predicted octanol–water partition coefficient (Wildman–Crippen LogP) is 3.38. The predicted molar refractivity (Wildman–Crippen MR) is 120 cm³/mol. The molecule has 4 aromatic rings. The second-order valence-corrected chi connectivity index (χ2v) is 7.77. The lowest BCUT2D eigenvalue weighted by Gasteiger charge is -2.15. The first kappa shape index (κ1) is 20.5. The van der Waals surface area contributed by atoms with Gasteiger partial charge in [0.15, 0.2) is 5.52 Å². The van der Waals surface area contributed by atoms with Gasteiger partial charge in [0.25, 0.3) is 5.56 Å². The zero-order chi connectivity index (χ0) is 22.1. The van der Waals surface area contributed by atoms with E-state index in [-0.39, 0.29) is 11.5 Å². The number of aryl methyl sites for hydroxylation is 3. The van der Waals surface area contributed by atoms with Gasteiger partial charge in [-0.15, -0.1) is 0 Å². The number of rotatable bonds is 5. The summed E-state index contributed by atoms with van der Waals surface area (Å²) in [6, 6.07) is 16.8. The summed E-state index contributed by atoms with van der Waals surface area (Å²) >= 11 is 0. The molecule has 1 atom stereocenters. The maximum absolute atomic E-state index is 13.2. The van der Waals surface area contributed by atoms with E-state index < -0.39 is 6.04 Å². The Labute approximate surface area is 180 Å². The number of nitrogens with one attached hydrogen (secondary N) is 1. The molecule has 2 aromatic carbocycles. The van der Waals surface area contributed by atoms with E-state index in [1.807, 2.05) is 75.4 Å². The SMILES string of the molecule is Cc1cccc(CNC(=O)[C@H](C)n2nc(C)c3c(C)n(-c4ccccc4)nc3c2=O)c1. The van der Waals surface area contributed by atoms with Gasteiger partial charge in [0.1, 0.15) is 6.04 Å². The lowest BCUT2D eigenvalue weighted by atomic mass is 10.1. The summed E-state index contributed by atoms with van der Waals surface area (Å²) in [6.07, 6.45) is 0. The smallest absolute Gasteiger partial charge is 0.295 e. The van der Waals surface area contributed by atoms with Gasteiger partial charge in [0.2, 0.25) is 5.91 Å². The average molecular weight is 415 g/mol. The van der Waals surface area contributed by atoms with Gasteiger partial charge < -0.3 is 5.32 Å².